The van der Waals surface area contributed by atoms with Crippen LogP contribution in [0.1, 0.15) is 5.56 Å². The molecule has 7 heteroatoms. The van der Waals surface area contributed by atoms with E-state index in [0.29, 0.717) is 24.0 Å². The average molecular weight is 397 g/mol. The standard InChI is InChI=1S/C21H15ClF2N4/c22-17-11-15(9-10-18(17)24)26-21-27-19-4-2-1-3-16(19)20(28-21)25-12-13-5-7-14(23)8-6-13/h1-11H,12H2,(H2,25,26,27,28). The van der Waals surface area contributed by atoms with E-state index in [9.17, 15) is 8.78 Å². The van der Waals surface area contributed by atoms with Crippen molar-refractivity contribution in [1.82, 2.24) is 9.97 Å². The second-order valence-corrected chi connectivity index (χ2v) is 6.55. The van der Waals surface area contributed by atoms with E-state index >= 15 is 0 Å². The number of fused-ring (bicyclic) bond motifs is 1. The van der Waals surface area contributed by atoms with Crippen LogP contribution in [0.5, 0.6) is 0 Å². The van der Waals surface area contributed by atoms with Crippen molar-refractivity contribution >= 4 is 40.0 Å². The van der Waals surface area contributed by atoms with Gasteiger partial charge in [0, 0.05) is 17.6 Å². The zero-order chi connectivity index (χ0) is 19.5. The van der Waals surface area contributed by atoms with Gasteiger partial charge in [-0.25, -0.2) is 13.8 Å². The van der Waals surface area contributed by atoms with E-state index in [4.69, 9.17) is 11.6 Å². The summed E-state index contributed by atoms with van der Waals surface area (Å²) < 4.78 is 26.5. The number of rotatable bonds is 5. The van der Waals surface area contributed by atoms with Crippen molar-refractivity contribution in [3.63, 3.8) is 0 Å². The number of nitrogens with zero attached hydrogens (tertiary/aromatic N) is 2. The van der Waals surface area contributed by atoms with Crippen molar-refractivity contribution in [3.8, 4) is 0 Å². The Labute approximate surface area is 165 Å². The molecule has 4 aromatic rings. The van der Waals surface area contributed by atoms with Gasteiger partial charge in [0.2, 0.25) is 5.95 Å². The van der Waals surface area contributed by atoms with Crippen LogP contribution in [0.25, 0.3) is 10.9 Å². The first-order chi connectivity index (χ1) is 13.6. The molecule has 0 atom stereocenters. The molecule has 28 heavy (non-hydrogen) atoms. The lowest BCUT2D eigenvalue weighted by molar-refractivity contribution is 0.627. The van der Waals surface area contributed by atoms with E-state index in [1.165, 1.54) is 24.3 Å². The van der Waals surface area contributed by atoms with Crippen molar-refractivity contribution in [3.05, 3.63) is 89.0 Å². The lowest BCUT2D eigenvalue weighted by Crippen LogP contribution is -2.06. The second-order valence-electron chi connectivity index (χ2n) is 6.15. The van der Waals surface area contributed by atoms with Gasteiger partial charge in [-0.15, -0.1) is 0 Å². The zero-order valence-electron chi connectivity index (χ0n) is 14.6. The molecule has 0 spiro atoms. The quantitative estimate of drug-likeness (QED) is 0.440. The highest BCUT2D eigenvalue weighted by Gasteiger charge is 2.09. The van der Waals surface area contributed by atoms with Gasteiger partial charge in [0.15, 0.2) is 0 Å². The van der Waals surface area contributed by atoms with Gasteiger partial charge in [-0.2, -0.15) is 4.98 Å². The smallest absolute Gasteiger partial charge is 0.229 e. The fourth-order valence-corrected chi connectivity index (χ4v) is 2.94. The molecule has 0 radical (unpaired) electrons. The monoisotopic (exact) mass is 396 g/mol. The van der Waals surface area contributed by atoms with Crippen LogP contribution in [0.2, 0.25) is 5.02 Å². The Balaban J connectivity index is 1.64. The largest absolute Gasteiger partial charge is 0.365 e. The number of hydrogen-bond donors (Lipinski definition) is 2. The van der Waals surface area contributed by atoms with E-state index in [2.05, 4.69) is 20.6 Å². The molecule has 0 amide bonds. The molecule has 4 nitrogen and oxygen atoms in total. The van der Waals surface area contributed by atoms with Crippen LogP contribution in [-0.2, 0) is 6.54 Å². The molecule has 0 fully saturated rings. The van der Waals surface area contributed by atoms with Crippen LogP contribution >= 0.6 is 11.6 Å². The molecule has 0 saturated carbocycles. The normalized spacial score (nSPS) is 10.8. The Hall–Kier alpha value is -3.25. The van der Waals surface area contributed by atoms with Gasteiger partial charge in [-0.3, -0.25) is 0 Å². The average Bonchev–Trinajstić information content (AvgIpc) is 2.70. The second kappa shape index (κ2) is 7.78. The molecule has 3 aromatic carbocycles. The fourth-order valence-electron chi connectivity index (χ4n) is 2.76. The molecule has 2 N–H and O–H groups in total. The van der Waals surface area contributed by atoms with E-state index in [0.717, 1.165) is 16.5 Å². The molecule has 0 saturated heterocycles. The molecule has 1 heterocycles. The van der Waals surface area contributed by atoms with Crippen molar-refractivity contribution in [2.45, 2.75) is 6.54 Å². The van der Waals surface area contributed by atoms with Gasteiger partial charge in [0.1, 0.15) is 17.5 Å². The van der Waals surface area contributed by atoms with Crippen LogP contribution in [0.15, 0.2) is 66.7 Å². The Bertz CT molecular complexity index is 1130. The predicted molar refractivity (Wildman–Crippen MR) is 108 cm³/mol. The first-order valence-corrected chi connectivity index (χ1v) is 8.93. The summed E-state index contributed by atoms with van der Waals surface area (Å²) in [6.07, 6.45) is 0. The summed E-state index contributed by atoms with van der Waals surface area (Å²) in [6.45, 7) is 0.475. The van der Waals surface area contributed by atoms with Crippen LogP contribution in [0, 0.1) is 11.6 Å². The SMILES string of the molecule is Fc1ccc(CNc2nc(Nc3ccc(F)c(Cl)c3)nc3ccccc23)cc1. The fraction of sp³-hybridized carbons (Fsp3) is 0.0476. The van der Waals surface area contributed by atoms with Crippen LogP contribution in [0.4, 0.5) is 26.2 Å². The van der Waals surface area contributed by atoms with Crippen molar-refractivity contribution in [1.29, 1.82) is 0 Å². The minimum Gasteiger partial charge on any atom is -0.365 e. The first kappa shape index (κ1) is 18.1. The third kappa shape index (κ3) is 4.02. The molecule has 0 aliphatic heterocycles. The third-order valence-corrected chi connectivity index (χ3v) is 4.44. The minimum absolute atomic E-state index is 0.0143. The molecular formula is C21H15ClF2N4. The van der Waals surface area contributed by atoms with Crippen molar-refractivity contribution < 1.29 is 8.78 Å². The maximum Gasteiger partial charge on any atom is 0.229 e. The Kier molecular flexibility index (Phi) is 5.04. The maximum atomic E-state index is 13.4. The van der Waals surface area contributed by atoms with Gasteiger partial charge >= 0.3 is 0 Å². The summed E-state index contributed by atoms with van der Waals surface area (Å²) in [5.74, 6) is 0.211. The maximum absolute atomic E-state index is 13.4. The van der Waals surface area contributed by atoms with Gasteiger partial charge in [0.05, 0.1) is 10.5 Å². The summed E-state index contributed by atoms with van der Waals surface area (Å²) >= 11 is 5.84. The van der Waals surface area contributed by atoms with E-state index in [-0.39, 0.29) is 10.8 Å². The molecule has 0 aliphatic carbocycles. The summed E-state index contributed by atoms with van der Waals surface area (Å²) in [6, 6.07) is 18.2. The Morgan fingerprint density at radius 3 is 2.46 bits per heavy atom. The molecule has 0 bridgehead atoms. The Morgan fingerprint density at radius 2 is 1.68 bits per heavy atom. The van der Waals surface area contributed by atoms with E-state index in [1.54, 1.807) is 18.2 Å². The molecule has 4 rings (SSSR count). The summed E-state index contributed by atoms with van der Waals surface area (Å²) in [5, 5.41) is 7.19. The molecule has 0 unspecified atom stereocenters. The number of aromatic nitrogens is 2. The predicted octanol–water partition coefficient (Wildman–Crippen LogP) is 5.92. The highest BCUT2D eigenvalue weighted by molar-refractivity contribution is 6.31. The lowest BCUT2D eigenvalue weighted by Gasteiger charge is -2.12. The topological polar surface area (TPSA) is 49.8 Å². The van der Waals surface area contributed by atoms with E-state index < -0.39 is 5.82 Å². The molecular weight excluding hydrogens is 382 g/mol. The van der Waals surface area contributed by atoms with Gasteiger partial charge in [0.25, 0.3) is 0 Å². The van der Waals surface area contributed by atoms with Crippen molar-refractivity contribution in [2.24, 2.45) is 0 Å². The van der Waals surface area contributed by atoms with Crippen LogP contribution in [0.3, 0.4) is 0 Å². The summed E-state index contributed by atoms with van der Waals surface area (Å²) in [5.41, 5.74) is 2.24. The molecule has 140 valence electrons. The highest BCUT2D eigenvalue weighted by Crippen LogP contribution is 2.26. The lowest BCUT2D eigenvalue weighted by atomic mass is 10.2. The van der Waals surface area contributed by atoms with Crippen LogP contribution < -0.4 is 10.6 Å². The third-order valence-electron chi connectivity index (χ3n) is 4.15. The van der Waals surface area contributed by atoms with Gasteiger partial charge in [-0.1, -0.05) is 35.9 Å². The van der Waals surface area contributed by atoms with Gasteiger partial charge < -0.3 is 10.6 Å². The molecule has 0 aliphatic rings. The number of hydrogen-bond acceptors (Lipinski definition) is 4. The zero-order valence-corrected chi connectivity index (χ0v) is 15.3. The van der Waals surface area contributed by atoms with Gasteiger partial charge in [-0.05, 0) is 48.0 Å². The number of anilines is 3. The minimum atomic E-state index is -0.492. The Morgan fingerprint density at radius 1 is 0.893 bits per heavy atom. The number of para-hydroxylation sites is 1. The highest BCUT2D eigenvalue weighted by atomic mass is 35.5. The summed E-state index contributed by atoms with van der Waals surface area (Å²) in [4.78, 5) is 9.04. The summed E-state index contributed by atoms with van der Waals surface area (Å²) in [7, 11) is 0. The molecule has 1 aromatic heterocycles. The van der Waals surface area contributed by atoms with E-state index in [1.807, 2.05) is 24.3 Å². The number of benzene rings is 3. The first-order valence-electron chi connectivity index (χ1n) is 8.56. The van der Waals surface area contributed by atoms with Crippen molar-refractivity contribution in [2.75, 3.05) is 10.6 Å². The number of nitrogens with one attached hydrogen (secondary N) is 2. The number of halogens is 3. The van der Waals surface area contributed by atoms with Crippen LogP contribution in [-0.4, -0.2) is 9.97 Å².